The minimum Gasteiger partial charge on any atom is -0.415 e. The molecule has 7 atom stereocenters. The van der Waals surface area contributed by atoms with Gasteiger partial charge < -0.3 is 4.43 Å². The first-order chi connectivity index (χ1) is 14.9. The molecule has 0 spiro atoms. The lowest BCUT2D eigenvalue weighted by molar-refractivity contribution is 0.0208. The van der Waals surface area contributed by atoms with Gasteiger partial charge in [0.25, 0.3) is 0 Å². The third-order valence-corrected chi connectivity index (χ3v) is 11.4. The maximum Gasteiger partial charge on any atom is 0.184 e. The second-order valence-electron chi connectivity index (χ2n) is 13.9. The fraction of sp³-hybridized carbons (Fsp3) is 0.867. The van der Waals surface area contributed by atoms with Gasteiger partial charge in [0.2, 0.25) is 0 Å². The van der Waals surface area contributed by atoms with Crippen LogP contribution >= 0.6 is 0 Å². The lowest BCUT2D eigenvalue weighted by Crippen LogP contribution is -2.47. The molecule has 0 aliphatic heterocycles. The van der Waals surface area contributed by atoms with Crippen LogP contribution < -0.4 is 0 Å². The van der Waals surface area contributed by atoms with Crippen LogP contribution in [0.4, 0.5) is 0 Å². The van der Waals surface area contributed by atoms with Crippen molar-refractivity contribution in [2.75, 3.05) is 0 Å². The van der Waals surface area contributed by atoms with Crippen LogP contribution in [0.5, 0.6) is 0 Å². The molecule has 0 radical (unpaired) electrons. The van der Waals surface area contributed by atoms with Gasteiger partial charge in [-0.3, -0.25) is 0 Å². The van der Waals surface area contributed by atoms with Crippen molar-refractivity contribution in [3.05, 3.63) is 22.8 Å². The van der Waals surface area contributed by atoms with Crippen LogP contribution in [0.3, 0.4) is 0 Å². The molecule has 2 saturated carbocycles. The molecule has 2 unspecified atom stereocenters. The van der Waals surface area contributed by atoms with E-state index in [0.717, 1.165) is 23.7 Å². The average Bonchev–Trinajstić information content (AvgIpc) is 3.04. The van der Waals surface area contributed by atoms with Crippen molar-refractivity contribution in [3.63, 3.8) is 0 Å². The van der Waals surface area contributed by atoms with Crippen molar-refractivity contribution in [1.82, 2.24) is 0 Å². The molecule has 0 aromatic carbocycles. The summed E-state index contributed by atoms with van der Waals surface area (Å²) in [6.45, 7) is 19.5. The molecule has 0 amide bonds. The first kappa shape index (κ1) is 24.8. The van der Waals surface area contributed by atoms with E-state index in [1.165, 1.54) is 76.2 Å². The van der Waals surface area contributed by atoms with Gasteiger partial charge >= 0.3 is 0 Å². The summed E-state index contributed by atoms with van der Waals surface area (Å²) < 4.78 is 6.60. The number of fused-ring (bicyclic) bond motifs is 4. The molecule has 0 aromatic rings. The fourth-order valence-electron chi connectivity index (χ4n) is 8.84. The number of allylic oxidation sites excluding steroid dienone is 4. The molecule has 1 nitrogen and oxygen atoms in total. The van der Waals surface area contributed by atoms with Gasteiger partial charge in [0.1, 0.15) is 0 Å². The number of hydrogen-bond acceptors (Lipinski definition) is 1. The molecule has 0 saturated heterocycles. The largest absolute Gasteiger partial charge is 0.415 e. The highest BCUT2D eigenvalue weighted by molar-refractivity contribution is 6.69. The maximum atomic E-state index is 6.60. The highest BCUT2D eigenvalue weighted by Gasteiger charge is 2.56. The van der Waals surface area contributed by atoms with E-state index >= 15 is 0 Å². The van der Waals surface area contributed by atoms with E-state index in [1.807, 2.05) is 11.1 Å². The lowest BCUT2D eigenvalue weighted by atomic mass is 9.50. The standard InChI is InChI=1S/C30H52OSi/c1-21(2)10-9-11-22(3)26-14-15-27-25-13-12-23-20-24(31-32(6,7)8)16-18-29(23,4)28(25)17-19-30(26,27)5/h10,22-24,26-27H,9,11-20H2,1-8H3/t22-,23?,24?,26-,27+,29+,30-/m1/s1. The van der Waals surface area contributed by atoms with Gasteiger partial charge in [0.05, 0.1) is 0 Å². The van der Waals surface area contributed by atoms with Crippen LogP contribution in [-0.2, 0) is 4.43 Å². The van der Waals surface area contributed by atoms with Gasteiger partial charge in [-0.2, -0.15) is 0 Å². The van der Waals surface area contributed by atoms with Gasteiger partial charge in [-0.05, 0) is 139 Å². The van der Waals surface area contributed by atoms with Crippen molar-refractivity contribution < 1.29 is 4.43 Å². The third kappa shape index (κ3) is 4.61. The highest BCUT2D eigenvalue weighted by atomic mass is 28.4. The molecule has 4 aliphatic carbocycles. The lowest BCUT2D eigenvalue weighted by Gasteiger charge is -2.55. The molecule has 32 heavy (non-hydrogen) atoms. The van der Waals surface area contributed by atoms with E-state index in [4.69, 9.17) is 4.43 Å². The van der Waals surface area contributed by atoms with E-state index in [-0.39, 0.29) is 0 Å². The van der Waals surface area contributed by atoms with Crippen molar-refractivity contribution in [1.29, 1.82) is 0 Å². The van der Waals surface area contributed by atoms with Gasteiger partial charge in [-0.15, -0.1) is 0 Å². The predicted octanol–water partition coefficient (Wildman–Crippen LogP) is 9.31. The Morgan fingerprint density at radius 3 is 2.50 bits per heavy atom. The zero-order valence-electron chi connectivity index (χ0n) is 22.7. The van der Waals surface area contributed by atoms with Gasteiger partial charge in [0, 0.05) is 6.10 Å². The van der Waals surface area contributed by atoms with Crippen LogP contribution in [0, 0.1) is 34.5 Å². The van der Waals surface area contributed by atoms with Crippen LogP contribution in [-0.4, -0.2) is 14.4 Å². The monoisotopic (exact) mass is 456 g/mol. The van der Waals surface area contributed by atoms with Crippen molar-refractivity contribution in [2.24, 2.45) is 34.5 Å². The second-order valence-corrected chi connectivity index (χ2v) is 18.3. The molecular weight excluding hydrogens is 404 g/mol. The Bertz CT molecular complexity index is 753. The van der Waals surface area contributed by atoms with Gasteiger partial charge in [-0.25, -0.2) is 0 Å². The zero-order chi connectivity index (χ0) is 23.3. The minimum atomic E-state index is -1.44. The molecule has 0 bridgehead atoms. The highest BCUT2D eigenvalue weighted by Crippen LogP contribution is 2.66. The van der Waals surface area contributed by atoms with Crippen molar-refractivity contribution in [2.45, 2.75) is 131 Å². The summed E-state index contributed by atoms with van der Waals surface area (Å²) in [5, 5.41) is 0. The van der Waals surface area contributed by atoms with E-state index in [0.29, 0.717) is 16.9 Å². The Kier molecular flexibility index (Phi) is 6.99. The predicted molar refractivity (Wildman–Crippen MR) is 141 cm³/mol. The van der Waals surface area contributed by atoms with Gasteiger partial charge in [-0.1, -0.05) is 43.6 Å². The summed E-state index contributed by atoms with van der Waals surface area (Å²) in [6, 6.07) is 0. The summed E-state index contributed by atoms with van der Waals surface area (Å²) in [5.74, 6) is 3.54. The molecule has 2 fully saturated rings. The molecule has 0 N–H and O–H groups in total. The van der Waals surface area contributed by atoms with Crippen LogP contribution in [0.25, 0.3) is 0 Å². The maximum absolute atomic E-state index is 6.60. The SMILES string of the molecule is CC(C)=CCC[C@@H](C)[C@H]1CC[C@H]2C3=C(CC[C@]12C)[C@@]1(C)CCC(O[Si](C)(C)C)CC1CC3. The van der Waals surface area contributed by atoms with E-state index in [1.54, 1.807) is 0 Å². The van der Waals surface area contributed by atoms with Crippen molar-refractivity contribution in [3.8, 4) is 0 Å². The molecule has 2 heteroatoms. The normalized spacial score (nSPS) is 40.4. The third-order valence-electron chi connectivity index (χ3n) is 10.4. The Morgan fingerprint density at radius 2 is 1.81 bits per heavy atom. The summed E-state index contributed by atoms with van der Waals surface area (Å²) >= 11 is 0. The van der Waals surface area contributed by atoms with Crippen LogP contribution in [0.2, 0.25) is 19.6 Å². The smallest absolute Gasteiger partial charge is 0.184 e. The molecule has 0 aromatic heterocycles. The van der Waals surface area contributed by atoms with Crippen LogP contribution in [0.15, 0.2) is 22.8 Å². The first-order valence-electron chi connectivity index (χ1n) is 14.0. The zero-order valence-corrected chi connectivity index (χ0v) is 23.7. The van der Waals surface area contributed by atoms with E-state index in [9.17, 15) is 0 Å². The van der Waals surface area contributed by atoms with E-state index < -0.39 is 8.32 Å². The Morgan fingerprint density at radius 1 is 1.06 bits per heavy atom. The van der Waals surface area contributed by atoms with Gasteiger partial charge in [0.15, 0.2) is 8.32 Å². The number of rotatable bonds is 6. The van der Waals surface area contributed by atoms with E-state index in [2.05, 4.69) is 60.3 Å². The fourth-order valence-corrected chi connectivity index (χ4v) is 10.1. The second kappa shape index (κ2) is 9.03. The average molecular weight is 457 g/mol. The molecule has 182 valence electrons. The first-order valence-corrected chi connectivity index (χ1v) is 17.4. The summed E-state index contributed by atoms with van der Waals surface area (Å²) in [7, 11) is -1.44. The summed E-state index contributed by atoms with van der Waals surface area (Å²) in [4.78, 5) is 0. The Balaban J connectivity index is 1.50. The molecular formula is C30H52OSi. The minimum absolute atomic E-state index is 0.474. The van der Waals surface area contributed by atoms with Crippen molar-refractivity contribution >= 4 is 8.32 Å². The number of hydrogen-bond donors (Lipinski definition) is 0. The molecule has 4 rings (SSSR count). The molecule has 4 aliphatic rings. The Hall–Kier alpha value is -0.343. The summed E-state index contributed by atoms with van der Waals surface area (Å²) in [5.41, 5.74) is 6.42. The quantitative estimate of drug-likeness (QED) is 0.286. The topological polar surface area (TPSA) is 9.23 Å². The molecule has 0 heterocycles. The Labute approximate surface area is 201 Å². The van der Waals surface area contributed by atoms with Crippen LogP contribution in [0.1, 0.15) is 105 Å². The summed E-state index contributed by atoms with van der Waals surface area (Å²) in [6.07, 6.45) is 18.2.